The Labute approximate surface area is 164 Å². The molecule has 2 rings (SSSR count). The van der Waals surface area contributed by atoms with Crippen LogP contribution in [0, 0.1) is 5.92 Å². The molecule has 0 bridgehead atoms. The van der Waals surface area contributed by atoms with Crippen molar-refractivity contribution in [1.29, 1.82) is 0 Å². The topological polar surface area (TPSA) is 101 Å². The number of rotatable bonds is 7. The van der Waals surface area contributed by atoms with Crippen molar-refractivity contribution in [2.75, 3.05) is 17.2 Å². The number of aromatic nitrogens is 2. The van der Waals surface area contributed by atoms with Crippen LogP contribution in [0.5, 0.6) is 0 Å². The molecule has 0 spiro atoms. The van der Waals surface area contributed by atoms with Gasteiger partial charge in [0.05, 0.1) is 8.66 Å². The standard InChI is InChI=1S/C17H23BrN4O3S/c1-4-5-8-21-14(19)13(15(23)20-17(21)25)22(9-10(2)3)16(24)11-6-7-12(18)26-11/h6-7,10H,4-5,8-9,19H2,1-3H3,(H,20,23,25). The highest BCUT2D eigenvalue weighted by Gasteiger charge is 2.26. The van der Waals surface area contributed by atoms with Crippen LogP contribution < -0.4 is 21.9 Å². The average Bonchev–Trinajstić information content (AvgIpc) is 2.99. The summed E-state index contributed by atoms with van der Waals surface area (Å²) in [7, 11) is 0. The molecule has 3 N–H and O–H groups in total. The number of nitrogen functional groups attached to an aromatic ring is 1. The second-order valence-electron chi connectivity index (χ2n) is 6.41. The summed E-state index contributed by atoms with van der Waals surface area (Å²) in [5.41, 5.74) is 4.99. The van der Waals surface area contributed by atoms with Crippen molar-refractivity contribution in [3.05, 3.63) is 41.6 Å². The van der Waals surface area contributed by atoms with Gasteiger partial charge < -0.3 is 5.73 Å². The van der Waals surface area contributed by atoms with Crippen LogP contribution in [0.3, 0.4) is 0 Å². The van der Waals surface area contributed by atoms with E-state index in [1.807, 2.05) is 20.8 Å². The van der Waals surface area contributed by atoms with Crippen LogP contribution in [0.25, 0.3) is 0 Å². The fraction of sp³-hybridized carbons (Fsp3) is 0.471. The van der Waals surface area contributed by atoms with Crippen LogP contribution in [0.1, 0.15) is 43.3 Å². The Morgan fingerprint density at radius 3 is 2.62 bits per heavy atom. The number of H-pyrrole nitrogens is 1. The summed E-state index contributed by atoms with van der Waals surface area (Å²) in [6.07, 6.45) is 1.61. The molecule has 0 aliphatic rings. The minimum absolute atomic E-state index is 0.0248. The van der Waals surface area contributed by atoms with E-state index in [-0.39, 0.29) is 23.3 Å². The van der Waals surface area contributed by atoms with Gasteiger partial charge in [0.25, 0.3) is 11.5 Å². The third-order valence-electron chi connectivity index (χ3n) is 3.80. The first kappa shape index (κ1) is 20.4. The Hall–Kier alpha value is -1.87. The summed E-state index contributed by atoms with van der Waals surface area (Å²) >= 11 is 4.63. The Balaban J connectivity index is 2.59. The smallest absolute Gasteiger partial charge is 0.330 e. The lowest BCUT2D eigenvalue weighted by molar-refractivity contribution is 0.0987. The van der Waals surface area contributed by atoms with Crippen LogP contribution in [0.15, 0.2) is 25.5 Å². The maximum Gasteiger partial charge on any atom is 0.330 e. The van der Waals surface area contributed by atoms with Gasteiger partial charge in [-0.25, -0.2) is 4.79 Å². The summed E-state index contributed by atoms with van der Waals surface area (Å²) in [6, 6.07) is 3.48. The van der Waals surface area contributed by atoms with Crippen molar-refractivity contribution in [1.82, 2.24) is 9.55 Å². The summed E-state index contributed by atoms with van der Waals surface area (Å²) in [6.45, 7) is 6.59. The van der Waals surface area contributed by atoms with Crippen LogP contribution in [0.2, 0.25) is 0 Å². The predicted molar refractivity (Wildman–Crippen MR) is 109 cm³/mol. The van der Waals surface area contributed by atoms with E-state index in [2.05, 4.69) is 20.9 Å². The molecule has 0 unspecified atom stereocenters. The Kier molecular flexibility index (Phi) is 6.82. The van der Waals surface area contributed by atoms with E-state index in [0.29, 0.717) is 18.0 Å². The molecule has 26 heavy (non-hydrogen) atoms. The zero-order valence-electron chi connectivity index (χ0n) is 15.0. The predicted octanol–water partition coefficient (Wildman–Crippen LogP) is 3.05. The Morgan fingerprint density at radius 2 is 2.08 bits per heavy atom. The van der Waals surface area contributed by atoms with Gasteiger partial charge in [0.1, 0.15) is 5.82 Å². The van der Waals surface area contributed by atoms with E-state index >= 15 is 0 Å². The minimum atomic E-state index is -0.648. The first-order valence-corrected chi connectivity index (χ1v) is 10.1. The molecule has 142 valence electrons. The van der Waals surface area contributed by atoms with Crippen LogP contribution in [-0.4, -0.2) is 22.0 Å². The minimum Gasteiger partial charge on any atom is -0.383 e. The molecule has 9 heteroatoms. The second-order valence-corrected chi connectivity index (χ2v) is 8.87. The molecule has 0 radical (unpaired) electrons. The monoisotopic (exact) mass is 442 g/mol. The molecule has 1 amide bonds. The van der Waals surface area contributed by atoms with Crippen LogP contribution in [0.4, 0.5) is 11.5 Å². The van der Waals surface area contributed by atoms with Crippen molar-refractivity contribution in [3.8, 4) is 0 Å². The molecule has 0 aliphatic heterocycles. The number of nitrogens with zero attached hydrogens (tertiary/aromatic N) is 2. The number of aromatic amines is 1. The van der Waals surface area contributed by atoms with E-state index in [0.717, 1.165) is 16.6 Å². The van der Waals surface area contributed by atoms with Gasteiger partial charge in [0, 0.05) is 13.1 Å². The number of nitrogens with one attached hydrogen (secondary N) is 1. The number of thiophene rings is 1. The van der Waals surface area contributed by atoms with Gasteiger partial charge in [0.2, 0.25) is 0 Å². The largest absolute Gasteiger partial charge is 0.383 e. The normalized spacial score (nSPS) is 11.1. The van der Waals surface area contributed by atoms with E-state index in [1.54, 1.807) is 12.1 Å². The van der Waals surface area contributed by atoms with E-state index in [1.165, 1.54) is 20.8 Å². The maximum absolute atomic E-state index is 13.0. The highest BCUT2D eigenvalue weighted by molar-refractivity contribution is 9.11. The maximum atomic E-state index is 13.0. The average molecular weight is 443 g/mol. The van der Waals surface area contributed by atoms with Crippen molar-refractivity contribution in [3.63, 3.8) is 0 Å². The van der Waals surface area contributed by atoms with Gasteiger partial charge in [0.15, 0.2) is 5.69 Å². The van der Waals surface area contributed by atoms with Crippen LogP contribution in [-0.2, 0) is 6.54 Å². The van der Waals surface area contributed by atoms with Gasteiger partial charge in [-0.3, -0.25) is 24.0 Å². The van der Waals surface area contributed by atoms with E-state index in [4.69, 9.17) is 5.73 Å². The van der Waals surface area contributed by atoms with Crippen molar-refractivity contribution in [2.24, 2.45) is 5.92 Å². The summed E-state index contributed by atoms with van der Waals surface area (Å²) in [5.74, 6) is -0.179. The number of carbonyl (C=O) groups excluding carboxylic acids is 1. The number of unbranched alkanes of at least 4 members (excludes halogenated alkanes) is 1. The molecule has 0 fully saturated rings. The Morgan fingerprint density at radius 1 is 1.38 bits per heavy atom. The fourth-order valence-corrected chi connectivity index (χ4v) is 3.91. The molecule has 0 saturated heterocycles. The fourth-order valence-electron chi connectivity index (χ4n) is 2.58. The van der Waals surface area contributed by atoms with Gasteiger partial charge in [-0.1, -0.05) is 27.2 Å². The number of halogens is 1. The lowest BCUT2D eigenvalue weighted by atomic mass is 10.2. The van der Waals surface area contributed by atoms with Gasteiger partial charge in [-0.05, 0) is 40.4 Å². The zero-order valence-corrected chi connectivity index (χ0v) is 17.4. The number of hydrogen-bond acceptors (Lipinski definition) is 5. The van der Waals surface area contributed by atoms with Crippen molar-refractivity contribution in [2.45, 2.75) is 40.2 Å². The second kappa shape index (κ2) is 8.68. The molecule has 0 aromatic carbocycles. The zero-order chi connectivity index (χ0) is 19.4. The SMILES string of the molecule is CCCCn1c(N)c(N(CC(C)C)C(=O)c2ccc(Br)s2)c(=O)[nH]c1=O. The van der Waals surface area contributed by atoms with E-state index < -0.39 is 11.2 Å². The quantitative estimate of drug-likeness (QED) is 0.687. The highest BCUT2D eigenvalue weighted by Crippen LogP contribution is 2.27. The van der Waals surface area contributed by atoms with Gasteiger partial charge in [-0.15, -0.1) is 11.3 Å². The molecular weight excluding hydrogens is 420 g/mol. The number of anilines is 2. The molecule has 2 aromatic heterocycles. The number of nitrogens with two attached hydrogens (primary N) is 1. The Bertz CT molecular complexity index is 900. The van der Waals surface area contributed by atoms with Gasteiger partial charge in [-0.2, -0.15) is 0 Å². The first-order chi connectivity index (χ1) is 12.3. The summed E-state index contributed by atoms with van der Waals surface area (Å²) in [4.78, 5) is 41.8. The lowest BCUT2D eigenvalue weighted by Crippen LogP contribution is -2.42. The van der Waals surface area contributed by atoms with Crippen molar-refractivity contribution >= 4 is 44.7 Å². The lowest BCUT2D eigenvalue weighted by Gasteiger charge is -2.25. The molecule has 7 nitrogen and oxygen atoms in total. The number of hydrogen-bond donors (Lipinski definition) is 2. The first-order valence-electron chi connectivity index (χ1n) is 8.46. The summed E-state index contributed by atoms with van der Waals surface area (Å²) in [5, 5.41) is 0. The molecule has 0 saturated carbocycles. The third kappa shape index (κ3) is 4.45. The molecule has 0 aliphatic carbocycles. The third-order valence-corrected chi connectivity index (χ3v) is 5.41. The highest BCUT2D eigenvalue weighted by atomic mass is 79.9. The van der Waals surface area contributed by atoms with Gasteiger partial charge >= 0.3 is 5.69 Å². The summed E-state index contributed by atoms with van der Waals surface area (Å²) < 4.78 is 2.14. The molecule has 2 aromatic rings. The van der Waals surface area contributed by atoms with Crippen LogP contribution >= 0.6 is 27.3 Å². The molecule has 2 heterocycles. The van der Waals surface area contributed by atoms with Crippen molar-refractivity contribution < 1.29 is 4.79 Å². The number of carbonyl (C=O) groups is 1. The molecular formula is C17H23BrN4O3S. The molecule has 0 atom stereocenters. The van der Waals surface area contributed by atoms with E-state index in [9.17, 15) is 14.4 Å². The number of amides is 1.